The number of anilines is 2. The molecule has 0 aliphatic rings. The van der Waals surface area contributed by atoms with Crippen molar-refractivity contribution in [3.63, 3.8) is 0 Å². The van der Waals surface area contributed by atoms with Crippen molar-refractivity contribution in [3.8, 4) is 5.75 Å². The number of rotatable bonds is 6. The number of hydrogen-bond donors (Lipinski definition) is 0. The van der Waals surface area contributed by atoms with Crippen molar-refractivity contribution in [2.75, 3.05) is 18.1 Å². The summed E-state index contributed by atoms with van der Waals surface area (Å²) < 4.78 is 58.3. The van der Waals surface area contributed by atoms with E-state index in [9.17, 15) is 17.6 Å². The summed E-state index contributed by atoms with van der Waals surface area (Å²) in [6.45, 7) is 0.393. The Balaban J connectivity index is 1.63. The zero-order valence-electron chi connectivity index (χ0n) is 15.4. The molecule has 0 radical (unpaired) electrons. The van der Waals surface area contributed by atoms with Crippen LogP contribution in [0.2, 0.25) is 0 Å². The number of hydrogen-bond acceptors (Lipinski definition) is 5. The monoisotopic (exact) mass is 433 g/mol. The van der Waals surface area contributed by atoms with Gasteiger partial charge in [-0.25, -0.2) is 14.4 Å². The van der Waals surface area contributed by atoms with Crippen LogP contribution in [0.5, 0.6) is 5.75 Å². The van der Waals surface area contributed by atoms with Crippen molar-refractivity contribution in [1.29, 1.82) is 0 Å². The summed E-state index contributed by atoms with van der Waals surface area (Å²) in [5, 5.41) is 0.505. The Hall–Kier alpha value is -3.20. The van der Waals surface area contributed by atoms with E-state index in [2.05, 4.69) is 9.97 Å². The largest absolute Gasteiger partial charge is 0.492 e. The van der Waals surface area contributed by atoms with Crippen LogP contribution in [0.3, 0.4) is 0 Å². The molecule has 0 atom stereocenters. The molecule has 0 spiro atoms. The van der Waals surface area contributed by atoms with E-state index in [1.165, 1.54) is 41.7 Å². The maximum atomic E-state index is 13.2. The molecule has 0 fully saturated rings. The van der Waals surface area contributed by atoms with Gasteiger partial charge in [0.25, 0.3) is 0 Å². The molecular weight excluding hydrogens is 418 g/mol. The SMILES string of the molecule is Fc1ccc(OCCN(c2cccc(C(F)(F)F)c2)c2nc3cccnc3s2)cc1. The number of nitrogens with zero attached hydrogens (tertiary/aromatic N) is 3. The van der Waals surface area contributed by atoms with E-state index in [1.807, 2.05) is 0 Å². The molecule has 2 aromatic heterocycles. The molecule has 4 nitrogen and oxygen atoms in total. The molecule has 4 rings (SSSR count). The van der Waals surface area contributed by atoms with Crippen LogP contribution >= 0.6 is 11.3 Å². The van der Waals surface area contributed by atoms with E-state index in [4.69, 9.17) is 4.74 Å². The van der Waals surface area contributed by atoms with Gasteiger partial charge in [0.05, 0.1) is 12.1 Å². The quantitative estimate of drug-likeness (QED) is 0.346. The highest BCUT2D eigenvalue weighted by Gasteiger charge is 2.31. The van der Waals surface area contributed by atoms with Crippen molar-refractivity contribution in [3.05, 3.63) is 78.2 Å². The van der Waals surface area contributed by atoms with Gasteiger partial charge >= 0.3 is 6.18 Å². The number of fused-ring (bicyclic) bond motifs is 1. The number of alkyl halides is 3. The van der Waals surface area contributed by atoms with Crippen molar-refractivity contribution in [1.82, 2.24) is 9.97 Å². The highest BCUT2D eigenvalue weighted by Crippen LogP contribution is 2.36. The second kappa shape index (κ2) is 8.27. The number of halogens is 4. The van der Waals surface area contributed by atoms with E-state index < -0.39 is 11.7 Å². The van der Waals surface area contributed by atoms with Crippen LogP contribution in [0.4, 0.5) is 28.4 Å². The average molecular weight is 433 g/mol. The Kier molecular flexibility index (Phi) is 5.54. The molecule has 0 aliphatic carbocycles. The summed E-state index contributed by atoms with van der Waals surface area (Å²) in [4.78, 5) is 11.1. The summed E-state index contributed by atoms with van der Waals surface area (Å²) in [5.74, 6) is 0.0845. The van der Waals surface area contributed by atoms with Gasteiger partial charge in [-0.1, -0.05) is 17.4 Å². The molecule has 0 amide bonds. The van der Waals surface area contributed by atoms with Gasteiger partial charge in [-0.05, 0) is 54.6 Å². The molecule has 0 unspecified atom stereocenters. The second-order valence-corrected chi connectivity index (χ2v) is 7.28. The first kappa shape index (κ1) is 20.1. The molecule has 2 heterocycles. The molecule has 0 saturated heterocycles. The maximum absolute atomic E-state index is 13.2. The Labute approximate surface area is 173 Å². The molecule has 0 aliphatic heterocycles. The van der Waals surface area contributed by atoms with Crippen LogP contribution in [0.1, 0.15) is 5.56 Å². The predicted octanol–water partition coefficient (Wildman–Crippen LogP) is 6.07. The number of benzene rings is 2. The maximum Gasteiger partial charge on any atom is 0.416 e. The predicted molar refractivity (Wildman–Crippen MR) is 108 cm³/mol. The molecule has 154 valence electrons. The highest BCUT2D eigenvalue weighted by molar-refractivity contribution is 7.21. The zero-order valence-corrected chi connectivity index (χ0v) is 16.3. The first-order chi connectivity index (χ1) is 14.4. The lowest BCUT2D eigenvalue weighted by atomic mass is 10.2. The fourth-order valence-corrected chi connectivity index (χ4v) is 3.80. The van der Waals surface area contributed by atoms with Crippen molar-refractivity contribution < 1.29 is 22.3 Å². The fraction of sp³-hybridized carbons (Fsp3) is 0.143. The van der Waals surface area contributed by atoms with E-state index in [0.717, 1.165) is 12.1 Å². The Bertz CT molecular complexity index is 1110. The standard InChI is InChI=1S/C21H15F4N3OS/c22-15-6-8-17(9-7-15)29-12-11-28(16-4-1-3-14(13-16)21(23,24)25)20-27-18-5-2-10-26-19(18)30-20/h1-10,13H,11-12H2. The second-order valence-electron chi connectivity index (χ2n) is 6.33. The van der Waals surface area contributed by atoms with Crippen LogP contribution in [0.25, 0.3) is 10.3 Å². The van der Waals surface area contributed by atoms with E-state index in [1.54, 1.807) is 29.3 Å². The van der Waals surface area contributed by atoms with Crippen LogP contribution in [0, 0.1) is 5.82 Å². The van der Waals surface area contributed by atoms with Crippen molar-refractivity contribution in [2.45, 2.75) is 6.18 Å². The van der Waals surface area contributed by atoms with Gasteiger partial charge in [0.15, 0.2) is 5.13 Å². The zero-order chi connectivity index (χ0) is 21.1. The molecule has 2 aromatic carbocycles. The third kappa shape index (κ3) is 4.51. The van der Waals surface area contributed by atoms with E-state index in [0.29, 0.717) is 26.9 Å². The van der Waals surface area contributed by atoms with Gasteiger partial charge in [-0.2, -0.15) is 13.2 Å². The van der Waals surface area contributed by atoms with Crippen LogP contribution < -0.4 is 9.64 Å². The van der Waals surface area contributed by atoms with E-state index >= 15 is 0 Å². The van der Waals surface area contributed by atoms with Crippen LogP contribution in [-0.2, 0) is 6.18 Å². The number of pyridine rings is 1. The van der Waals surface area contributed by atoms with Gasteiger partial charge in [0, 0.05) is 11.9 Å². The summed E-state index contributed by atoms with van der Waals surface area (Å²) in [6.07, 6.45) is -2.82. The minimum atomic E-state index is -4.46. The highest BCUT2D eigenvalue weighted by atomic mass is 32.1. The summed E-state index contributed by atoms with van der Waals surface area (Å²) >= 11 is 1.28. The number of ether oxygens (including phenoxy) is 1. The summed E-state index contributed by atoms with van der Waals surface area (Å²) in [6, 6.07) is 14.1. The Morgan fingerprint density at radius 3 is 2.53 bits per heavy atom. The minimum absolute atomic E-state index is 0.158. The Morgan fingerprint density at radius 2 is 1.80 bits per heavy atom. The number of aromatic nitrogens is 2. The van der Waals surface area contributed by atoms with Gasteiger partial charge < -0.3 is 9.64 Å². The molecule has 0 saturated carbocycles. The first-order valence-corrected chi connectivity index (χ1v) is 9.76. The van der Waals surface area contributed by atoms with Crippen molar-refractivity contribution in [2.24, 2.45) is 0 Å². The van der Waals surface area contributed by atoms with Crippen molar-refractivity contribution >= 4 is 32.5 Å². The number of thiazole rings is 1. The lowest BCUT2D eigenvalue weighted by Gasteiger charge is -2.23. The molecule has 4 aromatic rings. The molecular formula is C21H15F4N3OS. The Morgan fingerprint density at radius 1 is 1.00 bits per heavy atom. The molecule has 0 bridgehead atoms. The summed E-state index contributed by atoms with van der Waals surface area (Å²) in [5.41, 5.74) is 0.254. The fourth-order valence-electron chi connectivity index (χ4n) is 2.84. The van der Waals surface area contributed by atoms with Crippen LogP contribution in [-0.4, -0.2) is 23.1 Å². The normalized spacial score (nSPS) is 11.6. The topological polar surface area (TPSA) is 38.2 Å². The smallest absolute Gasteiger partial charge is 0.416 e. The van der Waals surface area contributed by atoms with Gasteiger partial charge in [0.1, 0.15) is 28.5 Å². The molecule has 9 heteroatoms. The van der Waals surface area contributed by atoms with E-state index in [-0.39, 0.29) is 19.0 Å². The van der Waals surface area contributed by atoms with Gasteiger partial charge in [-0.15, -0.1) is 0 Å². The average Bonchev–Trinajstić information content (AvgIpc) is 3.16. The third-order valence-corrected chi connectivity index (χ3v) is 5.27. The van der Waals surface area contributed by atoms with Crippen LogP contribution in [0.15, 0.2) is 66.9 Å². The lowest BCUT2D eigenvalue weighted by molar-refractivity contribution is -0.137. The van der Waals surface area contributed by atoms with Gasteiger partial charge in [-0.3, -0.25) is 0 Å². The summed E-state index contributed by atoms with van der Waals surface area (Å²) in [7, 11) is 0. The molecule has 0 N–H and O–H groups in total. The third-order valence-electron chi connectivity index (χ3n) is 4.27. The molecule has 30 heavy (non-hydrogen) atoms. The minimum Gasteiger partial charge on any atom is -0.492 e. The van der Waals surface area contributed by atoms with Gasteiger partial charge in [0.2, 0.25) is 0 Å². The lowest BCUT2D eigenvalue weighted by Crippen LogP contribution is -2.24. The first-order valence-electron chi connectivity index (χ1n) is 8.95.